The van der Waals surface area contributed by atoms with E-state index in [0.29, 0.717) is 15.8 Å². The molecule has 0 radical (unpaired) electrons. The molecule has 1 amide bonds. The number of nitrogens with one attached hydrogen (secondary N) is 1. The Morgan fingerprint density at radius 1 is 1.35 bits per heavy atom. The Bertz CT molecular complexity index is 642. The third kappa shape index (κ3) is 9.38. The maximum absolute atomic E-state index is 11.8. The first kappa shape index (κ1) is 21.6. The van der Waals surface area contributed by atoms with Gasteiger partial charge in [-0.2, -0.15) is 0 Å². The SMILES string of the molecule is C=S(=O)(NC(C)=O)c1cccc(Cl)c1.CC(=O)C(N)CC(C)C. The molecule has 0 aliphatic carbocycles. The molecule has 1 rings (SSSR count). The van der Waals surface area contributed by atoms with Gasteiger partial charge in [0.15, 0.2) is 0 Å². The van der Waals surface area contributed by atoms with Crippen molar-refractivity contribution in [3.63, 3.8) is 0 Å². The van der Waals surface area contributed by atoms with Gasteiger partial charge in [-0.1, -0.05) is 31.5 Å². The van der Waals surface area contributed by atoms with Crippen molar-refractivity contribution in [2.75, 3.05) is 0 Å². The van der Waals surface area contributed by atoms with Gasteiger partial charge in [0.1, 0.15) is 5.78 Å². The number of amides is 1. The molecule has 0 aliphatic heterocycles. The minimum atomic E-state index is -2.77. The number of Topliss-reactive ketones (excluding diaryl/α,β-unsaturated/α-hetero) is 1. The average Bonchev–Trinajstić information content (AvgIpc) is 2.37. The van der Waals surface area contributed by atoms with E-state index < -0.39 is 9.71 Å². The smallest absolute Gasteiger partial charge is 0.228 e. The number of carbonyl (C=O) groups is 2. The Hall–Kier alpha value is -1.37. The number of hydrogen-bond acceptors (Lipinski definition) is 4. The fraction of sp³-hybridized carbons (Fsp3) is 0.438. The van der Waals surface area contributed by atoms with E-state index in [1.54, 1.807) is 18.2 Å². The molecule has 0 spiro atoms. The van der Waals surface area contributed by atoms with Crippen molar-refractivity contribution in [2.24, 2.45) is 11.7 Å². The monoisotopic (exact) mass is 360 g/mol. The molecule has 1 aromatic carbocycles. The second-order valence-electron chi connectivity index (χ2n) is 5.64. The first-order valence-electron chi connectivity index (χ1n) is 7.13. The molecule has 0 aliphatic rings. The van der Waals surface area contributed by atoms with Crippen LogP contribution in [0, 0.1) is 5.92 Å². The van der Waals surface area contributed by atoms with Crippen LogP contribution in [0.1, 0.15) is 34.1 Å². The lowest BCUT2D eigenvalue weighted by atomic mass is 10.0. The molecule has 23 heavy (non-hydrogen) atoms. The summed E-state index contributed by atoms with van der Waals surface area (Å²) in [5, 5.41) is 0.462. The molecule has 1 aromatic rings. The van der Waals surface area contributed by atoms with Gasteiger partial charge in [-0.25, -0.2) is 4.21 Å². The fourth-order valence-electron chi connectivity index (χ4n) is 1.64. The number of halogens is 1. The maximum atomic E-state index is 11.8. The van der Waals surface area contributed by atoms with Gasteiger partial charge in [-0.05, 0) is 43.3 Å². The summed E-state index contributed by atoms with van der Waals surface area (Å²) in [5.74, 6) is 3.68. The zero-order chi connectivity index (χ0) is 18.2. The van der Waals surface area contributed by atoms with Crippen molar-refractivity contribution in [3.05, 3.63) is 29.3 Å². The van der Waals surface area contributed by atoms with E-state index in [9.17, 15) is 13.8 Å². The lowest BCUT2D eigenvalue weighted by Gasteiger charge is -2.09. The zero-order valence-electron chi connectivity index (χ0n) is 14.0. The molecule has 7 heteroatoms. The van der Waals surface area contributed by atoms with E-state index in [1.165, 1.54) is 19.9 Å². The highest BCUT2D eigenvalue weighted by molar-refractivity contribution is 7.99. The van der Waals surface area contributed by atoms with Crippen LogP contribution in [-0.2, 0) is 19.3 Å². The molecule has 0 saturated carbocycles. The Labute approximate surface area is 143 Å². The van der Waals surface area contributed by atoms with Crippen LogP contribution in [0.3, 0.4) is 0 Å². The zero-order valence-corrected chi connectivity index (χ0v) is 15.5. The molecular weight excluding hydrogens is 336 g/mol. The van der Waals surface area contributed by atoms with Gasteiger partial charge in [0.05, 0.1) is 20.6 Å². The summed E-state index contributed by atoms with van der Waals surface area (Å²) in [6, 6.07) is 6.20. The van der Waals surface area contributed by atoms with Crippen molar-refractivity contribution in [1.29, 1.82) is 0 Å². The van der Waals surface area contributed by atoms with Crippen molar-refractivity contribution < 1.29 is 13.8 Å². The molecule has 0 fully saturated rings. The van der Waals surface area contributed by atoms with Crippen molar-refractivity contribution in [2.45, 2.75) is 45.1 Å². The Morgan fingerprint density at radius 3 is 2.26 bits per heavy atom. The van der Waals surface area contributed by atoms with Gasteiger partial charge in [0, 0.05) is 11.9 Å². The molecule has 0 heterocycles. The standard InChI is InChI=1S/C9H10ClNO2S.C7H15NO/c1-7(12)11-14(2,13)9-5-3-4-8(10)6-9;1-5(2)4-7(8)6(3)9/h3-6H,2H2,1H3,(H,11,12,13);5,7H,4,8H2,1-3H3. The average molecular weight is 361 g/mol. The predicted molar refractivity (Wildman–Crippen MR) is 96.9 cm³/mol. The van der Waals surface area contributed by atoms with Crippen LogP contribution in [-0.4, -0.2) is 27.8 Å². The minimum absolute atomic E-state index is 0.0868. The van der Waals surface area contributed by atoms with Gasteiger partial charge in [0.25, 0.3) is 0 Å². The van der Waals surface area contributed by atoms with Gasteiger partial charge in [-0.15, -0.1) is 0 Å². The highest BCUT2D eigenvalue weighted by Gasteiger charge is 2.09. The Balaban J connectivity index is 0.000000468. The summed E-state index contributed by atoms with van der Waals surface area (Å²) >= 11 is 5.72. The highest BCUT2D eigenvalue weighted by Crippen LogP contribution is 2.14. The molecule has 130 valence electrons. The van der Waals surface area contributed by atoms with Gasteiger partial charge >= 0.3 is 0 Å². The Morgan fingerprint density at radius 2 is 1.91 bits per heavy atom. The van der Waals surface area contributed by atoms with Gasteiger partial charge in [0.2, 0.25) is 5.91 Å². The third-order valence-electron chi connectivity index (χ3n) is 2.73. The van der Waals surface area contributed by atoms with Crippen LogP contribution in [0.2, 0.25) is 5.02 Å². The third-order valence-corrected chi connectivity index (χ3v) is 4.60. The molecule has 0 bridgehead atoms. The first-order valence-corrected chi connectivity index (χ1v) is 9.23. The number of carbonyl (C=O) groups excluding carboxylic acids is 2. The molecular formula is C16H25ClN2O3S. The summed E-state index contributed by atoms with van der Waals surface area (Å²) in [5.41, 5.74) is 5.47. The van der Waals surface area contributed by atoms with Gasteiger partial charge < -0.3 is 5.73 Å². The summed E-state index contributed by atoms with van der Waals surface area (Å²) in [6.45, 7) is 6.94. The van der Waals surface area contributed by atoms with Crippen LogP contribution in [0.15, 0.2) is 29.2 Å². The summed E-state index contributed by atoms with van der Waals surface area (Å²) < 4.78 is 14.1. The molecule has 5 nitrogen and oxygen atoms in total. The lowest BCUT2D eigenvalue weighted by molar-refractivity contribution is -0.118. The maximum Gasteiger partial charge on any atom is 0.228 e. The normalized spacial score (nSPS) is 14.2. The number of benzene rings is 1. The van der Waals surface area contributed by atoms with Crippen molar-refractivity contribution in [1.82, 2.24) is 4.72 Å². The lowest BCUT2D eigenvalue weighted by Crippen LogP contribution is -2.29. The fourth-order valence-corrected chi connectivity index (χ4v) is 3.09. The summed E-state index contributed by atoms with van der Waals surface area (Å²) in [4.78, 5) is 21.7. The predicted octanol–water partition coefficient (Wildman–Crippen LogP) is 2.42. The first-order chi connectivity index (χ1) is 10.5. The van der Waals surface area contributed by atoms with Crippen LogP contribution in [0.25, 0.3) is 0 Å². The quantitative estimate of drug-likeness (QED) is 0.789. The molecule has 0 aromatic heterocycles. The van der Waals surface area contributed by atoms with Crippen LogP contribution < -0.4 is 10.5 Å². The highest BCUT2D eigenvalue weighted by atomic mass is 35.5. The van der Waals surface area contributed by atoms with Crippen molar-refractivity contribution >= 4 is 38.9 Å². The molecule has 2 atom stereocenters. The van der Waals surface area contributed by atoms with E-state index in [1.807, 2.05) is 0 Å². The molecule has 2 unspecified atom stereocenters. The Kier molecular flexibility index (Phi) is 9.12. The van der Waals surface area contributed by atoms with E-state index in [-0.39, 0.29) is 17.7 Å². The number of rotatable bonds is 5. The number of nitrogens with two attached hydrogens (primary N) is 1. The second kappa shape index (κ2) is 9.70. The van der Waals surface area contributed by atoms with Gasteiger partial charge in [-0.3, -0.25) is 14.3 Å². The summed E-state index contributed by atoms with van der Waals surface area (Å²) in [6.07, 6.45) is 0.801. The number of hydrogen-bond donors (Lipinski definition) is 2. The van der Waals surface area contributed by atoms with E-state index in [4.69, 9.17) is 17.3 Å². The van der Waals surface area contributed by atoms with Crippen molar-refractivity contribution in [3.8, 4) is 0 Å². The van der Waals surface area contributed by atoms with Crippen LogP contribution >= 0.6 is 11.6 Å². The number of ketones is 1. The largest absolute Gasteiger partial charge is 0.322 e. The summed E-state index contributed by atoms with van der Waals surface area (Å²) in [7, 11) is -2.77. The van der Waals surface area contributed by atoms with Crippen LogP contribution in [0.5, 0.6) is 0 Å². The van der Waals surface area contributed by atoms with Crippen LogP contribution in [0.4, 0.5) is 0 Å². The topological polar surface area (TPSA) is 89.3 Å². The molecule has 0 saturated heterocycles. The van der Waals surface area contributed by atoms with E-state index in [2.05, 4.69) is 24.4 Å². The second-order valence-corrected chi connectivity index (χ2v) is 8.10. The minimum Gasteiger partial charge on any atom is -0.322 e. The van der Waals surface area contributed by atoms with E-state index in [0.717, 1.165) is 6.42 Å². The van der Waals surface area contributed by atoms with E-state index >= 15 is 0 Å². The molecule has 3 N–H and O–H groups in total.